The first-order valence-electron chi connectivity index (χ1n) is 18.6. The molecule has 0 aliphatic rings. The minimum Gasteiger partial charge on any atom is -0.508 e. The normalized spacial score (nSPS) is 13.2. The Morgan fingerprint density at radius 2 is 0.769 bits per heavy atom. The molecule has 4 rings (SSSR count). The van der Waals surface area contributed by atoms with Gasteiger partial charge in [-0.15, -0.1) is 0 Å². The molecule has 0 heterocycles. The van der Waals surface area contributed by atoms with Gasteiger partial charge in [0, 0.05) is 5.92 Å². The van der Waals surface area contributed by atoms with Crippen LogP contribution in [0.15, 0.2) is 54.6 Å². The molecule has 5 N–H and O–H groups in total. The Kier molecular flexibility index (Phi) is 12.3. The first kappa shape index (κ1) is 42.3. The third-order valence-corrected chi connectivity index (χ3v) is 10.2. The first-order chi connectivity index (χ1) is 23.5. The summed E-state index contributed by atoms with van der Waals surface area (Å²) in [6.07, 6.45) is 0.841. The number of phenolic OH excluding ortho intramolecular Hbond substituents is 5. The quantitative estimate of drug-likeness (QED) is 0.133. The van der Waals surface area contributed by atoms with E-state index in [4.69, 9.17) is 5.11 Å². The van der Waals surface area contributed by atoms with E-state index in [0.717, 1.165) is 45.4 Å². The summed E-state index contributed by atoms with van der Waals surface area (Å²) in [4.78, 5) is 0. The molecule has 5 nitrogen and oxygen atoms in total. The Balaban J connectivity index is 0.000000513. The van der Waals surface area contributed by atoms with Crippen molar-refractivity contribution < 1.29 is 25.5 Å². The van der Waals surface area contributed by atoms with Gasteiger partial charge in [0.1, 0.15) is 17.2 Å². The SMILES string of the molecule is CC(C)(C)c1ccc(O)c(O)c1.Cc1cc(C(C)CC(c2cc(C)c(O)cc2C(C)(C)C)c2cc(C)c(O)cc2C(C)(C)C)c(C(C)(C)C)cc1O. The summed E-state index contributed by atoms with van der Waals surface area (Å²) in [7, 11) is 0. The van der Waals surface area contributed by atoms with Crippen molar-refractivity contribution in [2.24, 2.45) is 0 Å². The number of hydrogen-bond donors (Lipinski definition) is 5. The first-order valence-corrected chi connectivity index (χ1v) is 18.6. The Hall–Kier alpha value is -4.12. The number of aromatic hydroxyl groups is 5. The smallest absolute Gasteiger partial charge is 0.157 e. The van der Waals surface area contributed by atoms with Crippen molar-refractivity contribution in [1.29, 1.82) is 0 Å². The van der Waals surface area contributed by atoms with Gasteiger partial charge in [0.05, 0.1) is 0 Å². The van der Waals surface area contributed by atoms with Crippen LogP contribution in [0.3, 0.4) is 0 Å². The third kappa shape index (κ3) is 9.85. The summed E-state index contributed by atoms with van der Waals surface area (Å²) in [6.45, 7) is 34.2. The number of aryl methyl sites for hydroxylation is 3. The number of rotatable bonds is 5. The molecule has 0 amide bonds. The number of phenols is 5. The largest absolute Gasteiger partial charge is 0.508 e. The lowest BCUT2D eigenvalue weighted by atomic mass is 9.69. The van der Waals surface area contributed by atoms with Crippen LogP contribution >= 0.6 is 0 Å². The molecule has 0 aromatic heterocycles. The van der Waals surface area contributed by atoms with E-state index in [1.807, 2.05) is 45.0 Å². The molecule has 4 aromatic rings. The monoisotopic (exact) mass is 710 g/mol. The highest BCUT2D eigenvalue weighted by atomic mass is 16.3. The van der Waals surface area contributed by atoms with Gasteiger partial charge >= 0.3 is 0 Å². The van der Waals surface area contributed by atoms with E-state index >= 15 is 0 Å². The van der Waals surface area contributed by atoms with E-state index in [0.29, 0.717) is 17.2 Å². The number of benzene rings is 4. The second-order valence-electron chi connectivity index (χ2n) is 19.1. The molecule has 4 aromatic carbocycles. The molecule has 0 fully saturated rings. The van der Waals surface area contributed by atoms with Crippen LogP contribution in [-0.2, 0) is 21.7 Å². The second kappa shape index (κ2) is 15.1. The summed E-state index contributed by atoms with van der Waals surface area (Å²) in [5.41, 5.74) is 10.3. The van der Waals surface area contributed by atoms with Gasteiger partial charge in [0.2, 0.25) is 0 Å². The molecule has 1 atom stereocenters. The van der Waals surface area contributed by atoms with Gasteiger partial charge in [0.25, 0.3) is 0 Å². The third-order valence-electron chi connectivity index (χ3n) is 10.2. The molecule has 0 spiro atoms. The van der Waals surface area contributed by atoms with Gasteiger partial charge in [-0.25, -0.2) is 0 Å². The van der Waals surface area contributed by atoms with E-state index in [-0.39, 0.29) is 45.0 Å². The summed E-state index contributed by atoms with van der Waals surface area (Å²) in [5.74, 6) is 1.07. The zero-order valence-corrected chi connectivity index (χ0v) is 34.8. The predicted octanol–water partition coefficient (Wildman–Crippen LogP) is 12.3. The highest BCUT2D eigenvalue weighted by Crippen LogP contribution is 2.47. The fourth-order valence-electron chi connectivity index (χ4n) is 6.98. The summed E-state index contributed by atoms with van der Waals surface area (Å²) in [6, 6.07) is 17.3. The van der Waals surface area contributed by atoms with Gasteiger partial charge < -0.3 is 25.5 Å². The fraction of sp³-hybridized carbons (Fsp3) is 0.489. The van der Waals surface area contributed by atoms with Crippen molar-refractivity contribution in [2.75, 3.05) is 0 Å². The molecule has 0 bridgehead atoms. The van der Waals surface area contributed by atoms with E-state index in [2.05, 4.69) is 108 Å². The zero-order chi connectivity index (χ0) is 39.9. The maximum Gasteiger partial charge on any atom is 0.157 e. The van der Waals surface area contributed by atoms with Crippen molar-refractivity contribution in [3.63, 3.8) is 0 Å². The van der Waals surface area contributed by atoms with Crippen LogP contribution < -0.4 is 0 Å². The maximum atomic E-state index is 10.8. The molecule has 0 saturated carbocycles. The minimum absolute atomic E-state index is 0.00514. The summed E-state index contributed by atoms with van der Waals surface area (Å²) >= 11 is 0. The Morgan fingerprint density at radius 3 is 1.10 bits per heavy atom. The molecular weight excluding hydrogens is 645 g/mol. The Morgan fingerprint density at radius 1 is 0.423 bits per heavy atom. The molecule has 0 aliphatic carbocycles. The summed E-state index contributed by atoms with van der Waals surface area (Å²) < 4.78 is 0. The van der Waals surface area contributed by atoms with Crippen LogP contribution in [0.2, 0.25) is 0 Å². The van der Waals surface area contributed by atoms with Crippen molar-refractivity contribution >= 4 is 0 Å². The van der Waals surface area contributed by atoms with Crippen molar-refractivity contribution in [3.8, 4) is 28.7 Å². The van der Waals surface area contributed by atoms with Crippen molar-refractivity contribution in [2.45, 2.75) is 151 Å². The average molecular weight is 711 g/mol. The van der Waals surface area contributed by atoms with Crippen molar-refractivity contribution in [1.82, 2.24) is 0 Å². The highest BCUT2D eigenvalue weighted by molar-refractivity contribution is 5.54. The minimum atomic E-state index is -0.179. The Bertz CT molecular complexity index is 1820. The van der Waals surface area contributed by atoms with Crippen molar-refractivity contribution in [3.05, 3.63) is 110 Å². The Labute approximate surface area is 314 Å². The van der Waals surface area contributed by atoms with E-state index in [1.165, 1.54) is 22.8 Å². The van der Waals surface area contributed by atoms with Crippen LogP contribution in [0.25, 0.3) is 0 Å². The van der Waals surface area contributed by atoms with E-state index in [1.54, 1.807) is 6.07 Å². The van der Waals surface area contributed by atoms with Gasteiger partial charge in [-0.1, -0.05) is 114 Å². The molecular formula is C47H66O5. The van der Waals surface area contributed by atoms with Crippen LogP contribution in [0.1, 0.15) is 164 Å². The lowest BCUT2D eigenvalue weighted by Gasteiger charge is -2.35. The van der Waals surface area contributed by atoms with Crippen LogP contribution in [0.4, 0.5) is 0 Å². The molecule has 0 aliphatic heterocycles. The van der Waals surface area contributed by atoms with Gasteiger partial charge in [0.15, 0.2) is 11.5 Å². The maximum absolute atomic E-state index is 10.8. The molecule has 1 unspecified atom stereocenters. The van der Waals surface area contributed by atoms with Gasteiger partial charge in [-0.2, -0.15) is 0 Å². The second-order valence-corrected chi connectivity index (χ2v) is 19.1. The van der Waals surface area contributed by atoms with Crippen LogP contribution in [-0.4, -0.2) is 25.5 Å². The van der Waals surface area contributed by atoms with E-state index in [9.17, 15) is 20.4 Å². The van der Waals surface area contributed by atoms with Crippen LogP contribution in [0, 0.1) is 20.8 Å². The van der Waals surface area contributed by atoms with Crippen LogP contribution in [0.5, 0.6) is 28.7 Å². The highest BCUT2D eigenvalue weighted by Gasteiger charge is 2.33. The molecule has 5 heteroatoms. The average Bonchev–Trinajstić information content (AvgIpc) is 2.99. The summed E-state index contributed by atoms with van der Waals surface area (Å²) in [5, 5.41) is 50.5. The molecule has 52 heavy (non-hydrogen) atoms. The number of hydrogen-bond acceptors (Lipinski definition) is 5. The fourth-order valence-corrected chi connectivity index (χ4v) is 6.98. The van der Waals surface area contributed by atoms with Gasteiger partial charge in [-0.05, 0) is 141 Å². The standard InChI is InChI=1S/C37H52O3.C10H14O2/c1-21(25-15-22(2)32(38)18-29(25)35(5,6)7)14-26(27-16-23(3)33(39)19-30(27)36(8,9)10)28-17-24(4)34(40)20-31(28)37(11,12)13;1-10(2,3)7-4-5-8(11)9(12)6-7/h15-21,26,38-40H,14H2,1-13H3;4-6,11-12H,1-3H3. The molecule has 284 valence electrons. The van der Waals surface area contributed by atoms with Gasteiger partial charge in [-0.3, -0.25) is 0 Å². The lowest BCUT2D eigenvalue weighted by molar-refractivity contribution is 0.401. The topological polar surface area (TPSA) is 101 Å². The zero-order valence-electron chi connectivity index (χ0n) is 34.8. The van der Waals surface area contributed by atoms with E-state index < -0.39 is 0 Å². The molecule has 0 radical (unpaired) electrons. The molecule has 0 saturated heterocycles. The lowest BCUT2D eigenvalue weighted by Crippen LogP contribution is -2.22. The predicted molar refractivity (Wildman–Crippen MR) is 218 cm³/mol.